The first-order valence-electron chi connectivity index (χ1n) is 10.2. The Morgan fingerprint density at radius 3 is 2.45 bits per heavy atom. The number of carbonyl (C=O) groups is 1. The molecule has 0 bridgehead atoms. The molecule has 3 rings (SSSR count). The van der Waals surface area contributed by atoms with Crippen LogP contribution in [0.3, 0.4) is 0 Å². The number of nitrogens with one attached hydrogen (secondary N) is 1. The molecule has 1 aromatic heterocycles. The van der Waals surface area contributed by atoms with Crippen LogP contribution in [0.1, 0.15) is 67.8 Å². The Morgan fingerprint density at radius 1 is 1.18 bits per heavy atom. The number of ether oxygens (including phenoxy) is 4. The molecule has 1 aliphatic heterocycles. The molecule has 1 unspecified atom stereocenters. The van der Waals surface area contributed by atoms with Crippen LogP contribution >= 0.6 is 0 Å². The quantitative estimate of drug-likeness (QED) is 0.520. The van der Waals surface area contributed by atoms with Crippen molar-refractivity contribution in [2.24, 2.45) is 0 Å². The predicted octanol–water partition coefficient (Wildman–Crippen LogP) is 4.92. The van der Waals surface area contributed by atoms with Crippen LogP contribution in [0.4, 0.5) is 19.0 Å². The number of benzene rings is 1. The van der Waals surface area contributed by atoms with E-state index in [0.717, 1.165) is 6.07 Å². The van der Waals surface area contributed by atoms with Gasteiger partial charge in [0.25, 0.3) is 12.7 Å². The fourth-order valence-electron chi connectivity index (χ4n) is 3.34. The highest BCUT2D eigenvalue weighted by atomic mass is 19.3. The van der Waals surface area contributed by atoms with Crippen molar-refractivity contribution in [3.05, 3.63) is 58.9 Å². The van der Waals surface area contributed by atoms with Gasteiger partial charge >= 0.3 is 12.0 Å². The van der Waals surface area contributed by atoms with Gasteiger partial charge in [-0.3, -0.25) is 4.79 Å². The molecule has 0 aliphatic carbocycles. The van der Waals surface area contributed by atoms with Crippen molar-refractivity contribution in [2.75, 3.05) is 19.0 Å². The van der Waals surface area contributed by atoms with Crippen molar-refractivity contribution in [2.45, 2.75) is 45.4 Å². The van der Waals surface area contributed by atoms with E-state index in [1.807, 2.05) is 0 Å². The molecule has 2 atom stereocenters. The maximum Gasteiger partial charge on any atom is 0.318 e. The number of hydrogen-bond donors (Lipinski definition) is 1. The fraction of sp³-hybridized carbons (Fsp3) is 0.409. The molecule has 1 aromatic carbocycles. The smallest absolute Gasteiger partial charge is 0.318 e. The summed E-state index contributed by atoms with van der Waals surface area (Å²) in [6.45, 7) is 5.01. The van der Waals surface area contributed by atoms with Gasteiger partial charge in [0, 0.05) is 5.56 Å². The lowest BCUT2D eigenvalue weighted by Gasteiger charge is -2.24. The highest BCUT2D eigenvalue weighted by Crippen LogP contribution is 2.38. The second-order valence-electron chi connectivity index (χ2n) is 7.12. The van der Waals surface area contributed by atoms with E-state index >= 15 is 0 Å². The number of rotatable bonds is 9. The first-order valence-corrected chi connectivity index (χ1v) is 10.2. The third-order valence-electron chi connectivity index (χ3n) is 5.00. The zero-order valence-corrected chi connectivity index (χ0v) is 18.5. The highest BCUT2D eigenvalue weighted by molar-refractivity contribution is 5.78. The van der Waals surface area contributed by atoms with E-state index in [1.54, 1.807) is 20.8 Å². The summed E-state index contributed by atoms with van der Waals surface area (Å²) in [5.41, 5.74) is -0.225. The van der Waals surface area contributed by atoms with Gasteiger partial charge in [0.1, 0.15) is 24.2 Å². The number of anilines is 1. The minimum atomic E-state index is -2.96. The molecule has 0 amide bonds. The average molecular weight is 467 g/mol. The molecule has 0 radical (unpaired) electrons. The van der Waals surface area contributed by atoms with Gasteiger partial charge in [0.2, 0.25) is 0 Å². The van der Waals surface area contributed by atoms with Crippen LogP contribution in [0, 0.1) is 5.82 Å². The summed E-state index contributed by atoms with van der Waals surface area (Å²) in [5.74, 6) is -2.29. The summed E-state index contributed by atoms with van der Waals surface area (Å²) in [4.78, 5) is 21.0. The normalized spacial score (nSPS) is 15.0. The Hall–Kier alpha value is -3.50. The number of halogens is 3. The highest BCUT2D eigenvalue weighted by Gasteiger charge is 2.33. The Balaban J connectivity index is 2.08. The van der Waals surface area contributed by atoms with Gasteiger partial charge in [-0.25, -0.2) is 13.2 Å². The molecular formula is C22H24F3N3O5. The van der Waals surface area contributed by atoms with E-state index in [1.165, 1.54) is 31.8 Å². The van der Waals surface area contributed by atoms with Gasteiger partial charge in [-0.05, 0) is 20.8 Å². The topological polar surface area (TPSA) is 91.8 Å². The largest absolute Gasteiger partial charge is 0.467 e. The molecule has 8 nitrogen and oxygen atoms in total. The van der Waals surface area contributed by atoms with Gasteiger partial charge < -0.3 is 24.3 Å². The SMILES string of the molecule is CCOC(=O)C(C)c1nc(OC)nc(N[C@H](C)c2cccc(C(F)F)c2F)c1C1OC=CO1. The van der Waals surface area contributed by atoms with Crippen LogP contribution in [0.15, 0.2) is 30.7 Å². The van der Waals surface area contributed by atoms with Gasteiger partial charge in [-0.15, -0.1) is 0 Å². The van der Waals surface area contributed by atoms with Gasteiger partial charge in [0.05, 0.1) is 42.5 Å². The summed E-state index contributed by atoms with van der Waals surface area (Å²) >= 11 is 0. The fourth-order valence-corrected chi connectivity index (χ4v) is 3.34. The molecule has 33 heavy (non-hydrogen) atoms. The summed E-state index contributed by atoms with van der Waals surface area (Å²) in [7, 11) is 1.34. The average Bonchev–Trinajstić information content (AvgIpc) is 3.32. The van der Waals surface area contributed by atoms with Crippen molar-refractivity contribution in [3.8, 4) is 6.01 Å². The first-order chi connectivity index (χ1) is 15.8. The Kier molecular flexibility index (Phi) is 7.62. The molecule has 2 aromatic rings. The second kappa shape index (κ2) is 10.4. The molecule has 0 saturated carbocycles. The molecule has 2 heterocycles. The van der Waals surface area contributed by atoms with Crippen LogP contribution in [0.2, 0.25) is 0 Å². The molecule has 1 N–H and O–H groups in total. The molecule has 1 aliphatic rings. The van der Waals surface area contributed by atoms with Crippen LogP contribution in [0.25, 0.3) is 0 Å². The van der Waals surface area contributed by atoms with Crippen molar-refractivity contribution in [1.82, 2.24) is 9.97 Å². The monoisotopic (exact) mass is 467 g/mol. The molecule has 178 valence electrons. The van der Waals surface area contributed by atoms with Crippen molar-refractivity contribution in [3.63, 3.8) is 0 Å². The Morgan fingerprint density at radius 2 is 1.85 bits per heavy atom. The predicted molar refractivity (Wildman–Crippen MR) is 111 cm³/mol. The Bertz CT molecular complexity index is 1030. The standard InChI is InChI=1S/C22H24F3N3O5/c1-5-31-20(29)11(2)17-15(21-32-9-10-33-21)19(28-22(27-17)30-4)26-12(3)13-7-6-8-14(16(13)23)18(24)25/h6-12,18,21H,5H2,1-4H3,(H,26,27,28)/t11?,12-/m1/s1. The lowest BCUT2D eigenvalue weighted by Crippen LogP contribution is -2.21. The summed E-state index contributed by atoms with van der Waals surface area (Å²) in [6.07, 6.45) is -1.34. The Labute approximate surface area is 188 Å². The number of nitrogens with zero attached hydrogens (tertiary/aromatic N) is 2. The number of methoxy groups -OCH3 is 1. The van der Waals surface area contributed by atoms with Crippen LogP contribution < -0.4 is 10.1 Å². The van der Waals surface area contributed by atoms with E-state index in [9.17, 15) is 18.0 Å². The summed E-state index contributed by atoms with van der Waals surface area (Å²) < 4.78 is 62.3. The molecular weight excluding hydrogens is 443 g/mol. The third kappa shape index (κ3) is 5.12. The van der Waals surface area contributed by atoms with E-state index in [0.29, 0.717) is 0 Å². The third-order valence-corrected chi connectivity index (χ3v) is 5.00. The number of aromatic nitrogens is 2. The van der Waals surface area contributed by atoms with Gasteiger partial charge in [-0.2, -0.15) is 9.97 Å². The number of esters is 1. The van der Waals surface area contributed by atoms with Crippen LogP contribution in [-0.2, 0) is 19.0 Å². The maximum absolute atomic E-state index is 14.7. The first kappa shape index (κ1) is 24.1. The van der Waals surface area contributed by atoms with E-state index in [4.69, 9.17) is 18.9 Å². The number of alkyl halides is 2. The summed E-state index contributed by atoms with van der Waals surface area (Å²) in [5, 5.41) is 3.00. The maximum atomic E-state index is 14.7. The molecule has 0 saturated heterocycles. The molecule has 11 heteroatoms. The zero-order valence-electron chi connectivity index (χ0n) is 18.5. The second-order valence-corrected chi connectivity index (χ2v) is 7.12. The molecule has 0 fully saturated rings. The van der Waals surface area contributed by atoms with Crippen LogP contribution in [0.5, 0.6) is 6.01 Å². The van der Waals surface area contributed by atoms with Gasteiger partial charge in [0.15, 0.2) is 0 Å². The minimum Gasteiger partial charge on any atom is -0.467 e. The van der Waals surface area contributed by atoms with Crippen molar-refractivity contribution >= 4 is 11.8 Å². The lowest BCUT2D eigenvalue weighted by molar-refractivity contribution is -0.144. The van der Waals surface area contributed by atoms with E-state index < -0.39 is 42.0 Å². The van der Waals surface area contributed by atoms with Crippen molar-refractivity contribution < 1.29 is 36.9 Å². The van der Waals surface area contributed by atoms with Crippen molar-refractivity contribution in [1.29, 1.82) is 0 Å². The number of hydrogen-bond acceptors (Lipinski definition) is 8. The lowest BCUT2D eigenvalue weighted by atomic mass is 10.0. The van der Waals surface area contributed by atoms with E-state index in [2.05, 4.69) is 15.3 Å². The molecule has 0 spiro atoms. The number of carbonyl (C=O) groups excluding carboxylic acids is 1. The summed E-state index contributed by atoms with van der Waals surface area (Å²) in [6, 6.07) is 2.89. The van der Waals surface area contributed by atoms with Crippen LogP contribution in [-0.4, -0.2) is 29.7 Å². The zero-order chi connectivity index (χ0) is 24.1. The van der Waals surface area contributed by atoms with Gasteiger partial charge in [-0.1, -0.05) is 18.2 Å². The minimum absolute atomic E-state index is 0.00250. The van der Waals surface area contributed by atoms with E-state index in [-0.39, 0.29) is 35.3 Å².